The van der Waals surface area contributed by atoms with E-state index in [9.17, 15) is 15.2 Å². The van der Waals surface area contributed by atoms with E-state index in [1.165, 1.54) is 0 Å². The molecular weight excluding hydrogens is 276 g/mol. The zero-order valence-electron chi connectivity index (χ0n) is 11.6. The lowest BCUT2D eigenvalue weighted by atomic mass is 9.76. The van der Waals surface area contributed by atoms with Crippen molar-refractivity contribution in [3.8, 4) is 6.07 Å². The maximum absolute atomic E-state index is 11.6. The molecule has 2 rings (SSSR count). The van der Waals surface area contributed by atoms with Crippen molar-refractivity contribution in [2.45, 2.75) is 20.3 Å². The Hall–Kier alpha value is -1.73. The lowest BCUT2D eigenvalue weighted by Crippen LogP contribution is -2.39. The highest BCUT2D eigenvalue weighted by Crippen LogP contribution is 2.41. The number of carboxylic acid groups (broad SMARTS) is 1. The van der Waals surface area contributed by atoms with Crippen LogP contribution in [0.15, 0.2) is 18.2 Å². The summed E-state index contributed by atoms with van der Waals surface area (Å²) in [5.41, 5.74) is 0.509. The minimum atomic E-state index is -0.762. The summed E-state index contributed by atoms with van der Waals surface area (Å²) in [6.45, 7) is 4.94. The van der Waals surface area contributed by atoms with Crippen molar-refractivity contribution in [1.29, 1.82) is 5.26 Å². The summed E-state index contributed by atoms with van der Waals surface area (Å²) in [7, 11) is 0. The van der Waals surface area contributed by atoms with Gasteiger partial charge in [0.1, 0.15) is 6.07 Å². The van der Waals surface area contributed by atoms with Gasteiger partial charge in [-0.1, -0.05) is 25.4 Å². The van der Waals surface area contributed by atoms with Crippen molar-refractivity contribution in [2.24, 2.45) is 11.3 Å². The van der Waals surface area contributed by atoms with Crippen LogP contribution in [0.2, 0.25) is 5.02 Å². The molecule has 1 fully saturated rings. The van der Waals surface area contributed by atoms with Crippen LogP contribution in [0.25, 0.3) is 0 Å². The molecule has 1 unspecified atom stereocenters. The Labute approximate surface area is 123 Å². The number of hydrogen-bond acceptors (Lipinski definition) is 3. The third-order valence-electron chi connectivity index (χ3n) is 4.25. The Balaban J connectivity index is 2.34. The summed E-state index contributed by atoms with van der Waals surface area (Å²) < 4.78 is 0. The molecule has 20 heavy (non-hydrogen) atoms. The van der Waals surface area contributed by atoms with Crippen LogP contribution in [0, 0.1) is 22.7 Å². The van der Waals surface area contributed by atoms with Crippen molar-refractivity contribution in [2.75, 3.05) is 18.0 Å². The van der Waals surface area contributed by atoms with Crippen LogP contribution in [-0.4, -0.2) is 24.2 Å². The largest absolute Gasteiger partial charge is 0.481 e. The van der Waals surface area contributed by atoms with E-state index < -0.39 is 11.4 Å². The smallest absolute Gasteiger partial charge is 0.311 e. The van der Waals surface area contributed by atoms with Gasteiger partial charge in [0.25, 0.3) is 0 Å². The summed E-state index contributed by atoms with van der Waals surface area (Å²) in [5, 5.41) is 19.3. The standard InChI is InChI=1S/C15H17ClN2O2/c1-10(2)15(14(19)20)5-6-18(9-15)13-4-3-12(16)7-11(13)8-17/h3-4,7,10H,5-6,9H2,1-2H3,(H,19,20). The topological polar surface area (TPSA) is 64.3 Å². The van der Waals surface area contributed by atoms with Gasteiger partial charge >= 0.3 is 5.97 Å². The van der Waals surface area contributed by atoms with Gasteiger partial charge in [0, 0.05) is 18.1 Å². The van der Waals surface area contributed by atoms with Gasteiger partial charge in [-0.05, 0) is 30.5 Å². The fraction of sp³-hybridized carbons (Fsp3) is 0.467. The molecule has 1 aromatic rings. The zero-order chi connectivity index (χ0) is 14.9. The lowest BCUT2D eigenvalue weighted by molar-refractivity contribution is -0.150. The van der Waals surface area contributed by atoms with Gasteiger partial charge in [-0.3, -0.25) is 4.79 Å². The zero-order valence-corrected chi connectivity index (χ0v) is 12.3. The van der Waals surface area contributed by atoms with Gasteiger partial charge in [-0.25, -0.2) is 0 Å². The van der Waals surface area contributed by atoms with Crippen LogP contribution in [0.1, 0.15) is 25.8 Å². The monoisotopic (exact) mass is 292 g/mol. The molecule has 1 atom stereocenters. The molecule has 0 amide bonds. The van der Waals surface area contributed by atoms with Crippen LogP contribution in [0.3, 0.4) is 0 Å². The molecule has 0 aliphatic carbocycles. The molecule has 1 heterocycles. The van der Waals surface area contributed by atoms with Crippen LogP contribution in [-0.2, 0) is 4.79 Å². The maximum Gasteiger partial charge on any atom is 0.311 e. The fourth-order valence-corrected chi connectivity index (χ4v) is 2.98. The fourth-order valence-electron chi connectivity index (χ4n) is 2.81. The molecule has 0 saturated carbocycles. The minimum absolute atomic E-state index is 0.0443. The number of anilines is 1. The second-order valence-electron chi connectivity index (χ2n) is 5.56. The Bertz CT molecular complexity index is 580. The molecule has 1 N–H and O–H groups in total. The lowest BCUT2D eigenvalue weighted by Gasteiger charge is -2.29. The molecule has 0 aromatic heterocycles. The van der Waals surface area contributed by atoms with Gasteiger partial charge in [-0.2, -0.15) is 5.26 Å². The van der Waals surface area contributed by atoms with Crippen LogP contribution in [0.5, 0.6) is 0 Å². The summed E-state index contributed by atoms with van der Waals surface area (Å²) in [6.07, 6.45) is 0.591. The summed E-state index contributed by atoms with van der Waals surface area (Å²) in [4.78, 5) is 13.6. The number of rotatable bonds is 3. The number of carbonyl (C=O) groups is 1. The number of carboxylic acids is 1. The van der Waals surface area contributed by atoms with Gasteiger partial charge in [0.15, 0.2) is 0 Å². The van der Waals surface area contributed by atoms with Crippen molar-refractivity contribution in [3.05, 3.63) is 28.8 Å². The van der Waals surface area contributed by atoms with Crippen LogP contribution in [0.4, 0.5) is 5.69 Å². The van der Waals surface area contributed by atoms with Crippen LogP contribution < -0.4 is 4.90 Å². The minimum Gasteiger partial charge on any atom is -0.481 e. The Morgan fingerprint density at radius 2 is 2.25 bits per heavy atom. The molecule has 4 nitrogen and oxygen atoms in total. The average Bonchev–Trinajstić information content (AvgIpc) is 2.84. The highest BCUT2D eigenvalue weighted by molar-refractivity contribution is 6.30. The number of aliphatic carboxylic acids is 1. The van der Waals surface area contributed by atoms with Gasteiger partial charge in [0.05, 0.1) is 16.7 Å². The molecule has 1 aliphatic rings. The summed E-state index contributed by atoms with van der Waals surface area (Å²) in [5.74, 6) is -0.717. The van der Waals surface area contributed by atoms with Crippen molar-refractivity contribution < 1.29 is 9.90 Å². The molecule has 1 aromatic carbocycles. The van der Waals surface area contributed by atoms with E-state index in [1.807, 2.05) is 18.7 Å². The predicted molar refractivity (Wildman–Crippen MR) is 77.9 cm³/mol. The van der Waals surface area contributed by atoms with E-state index in [-0.39, 0.29) is 5.92 Å². The normalized spacial score (nSPS) is 22.1. The first kappa shape index (κ1) is 14.7. The van der Waals surface area contributed by atoms with E-state index in [0.29, 0.717) is 30.1 Å². The van der Waals surface area contributed by atoms with E-state index >= 15 is 0 Å². The molecular formula is C15H17ClN2O2. The molecule has 0 bridgehead atoms. The van der Waals surface area contributed by atoms with E-state index in [4.69, 9.17) is 11.6 Å². The van der Waals surface area contributed by atoms with Crippen molar-refractivity contribution >= 4 is 23.3 Å². The van der Waals surface area contributed by atoms with Crippen LogP contribution >= 0.6 is 11.6 Å². The molecule has 5 heteroatoms. The Morgan fingerprint density at radius 1 is 1.55 bits per heavy atom. The predicted octanol–water partition coefficient (Wildman–Crippen LogP) is 3.15. The average molecular weight is 293 g/mol. The second-order valence-corrected chi connectivity index (χ2v) is 6.00. The maximum atomic E-state index is 11.6. The Kier molecular flexibility index (Phi) is 3.92. The van der Waals surface area contributed by atoms with E-state index in [2.05, 4.69) is 6.07 Å². The number of nitrogens with zero attached hydrogens (tertiary/aromatic N) is 2. The Morgan fingerprint density at radius 3 is 2.75 bits per heavy atom. The first-order valence-corrected chi connectivity index (χ1v) is 6.96. The third kappa shape index (κ3) is 2.34. The molecule has 106 valence electrons. The number of halogens is 1. The molecule has 0 radical (unpaired) electrons. The van der Waals surface area contributed by atoms with E-state index in [1.54, 1.807) is 18.2 Å². The second kappa shape index (κ2) is 5.34. The van der Waals surface area contributed by atoms with E-state index in [0.717, 1.165) is 5.69 Å². The number of hydrogen-bond donors (Lipinski definition) is 1. The molecule has 1 aliphatic heterocycles. The highest BCUT2D eigenvalue weighted by Gasteiger charge is 2.47. The first-order valence-electron chi connectivity index (χ1n) is 6.58. The molecule has 1 saturated heterocycles. The van der Waals surface area contributed by atoms with Crippen molar-refractivity contribution in [1.82, 2.24) is 0 Å². The summed E-state index contributed by atoms with van der Waals surface area (Å²) in [6, 6.07) is 7.26. The van der Waals surface area contributed by atoms with Gasteiger partial charge in [-0.15, -0.1) is 0 Å². The van der Waals surface area contributed by atoms with Gasteiger partial charge in [0.2, 0.25) is 0 Å². The van der Waals surface area contributed by atoms with Crippen molar-refractivity contribution in [3.63, 3.8) is 0 Å². The molecule has 0 spiro atoms. The van der Waals surface area contributed by atoms with Gasteiger partial charge < -0.3 is 10.0 Å². The first-order chi connectivity index (χ1) is 9.40. The number of benzene rings is 1. The number of nitriles is 1. The SMILES string of the molecule is CC(C)C1(C(=O)O)CCN(c2ccc(Cl)cc2C#N)C1. The summed E-state index contributed by atoms with van der Waals surface area (Å²) >= 11 is 5.90. The quantitative estimate of drug-likeness (QED) is 0.929. The third-order valence-corrected chi connectivity index (χ3v) is 4.49. The highest BCUT2D eigenvalue weighted by atomic mass is 35.5.